The summed E-state index contributed by atoms with van der Waals surface area (Å²) >= 11 is 1.76. The van der Waals surface area contributed by atoms with Gasteiger partial charge in [0.2, 0.25) is 0 Å². The minimum Gasteiger partial charge on any atom is -0.488 e. The van der Waals surface area contributed by atoms with Gasteiger partial charge in [0.25, 0.3) is 0 Å². The van der Waals surface area contributed by atoms with E-state index in [0.29, 0.717) is 6.61 Å². The predicted molar refractivity (Wildman–Crippen MR) is 81.9 cm³/mol. The minimum absolute atomic E-state index is 0.0511. The Morgan fingerprint density at radius 2 is 2.00 bits per heavy atom. The summed E-state index contributed by atoms with van der Waals surface area (Å²) in [5.41, 5.74) is 0.847. The first kappa shape index (κ1) is 15.0. The lowest BCUT2D eigenvalue weighted by molar-refractivity contribution is 0.303. The van der Waals surface area contributed by atoms with Gasteiger partial charge in [-0.15, -0.1) is 11.3 Å². The molecule has 0 aliphatic heterocycles. The molecule has 0 bridgehead atoms. The first-order valence-corrected chi connectivity index (χ1v) is 7.62. The second kappa shape index (κ2) is 6.86. The van der Waals surface area contributed by atoms with Gasteiger partial charge in [-0.3, -0.25) is 0 Å². The van der Waals surface area contributed by atoms with Crippen LogP contribution < -0.4 is 10.1 Å². The molecule has 0 saturated carbocycles. The molecule has 1 aromatic heterocycles. The van der Waals surface area contributed by atoms with E-state index in [2.05, 4.69) is 24.4 Å². The van der Waals surface area contributed by atoms with Crippen LogP contribution in [0, 0.1) is 5.82 Å². The summed E-state index contributed by atoms with van der Waals surface area (Å²) in [5.74, 6) is 0.499. The fourth-order valence-electron chi connectivity index (χ4n) is 1.98. The van der Waals surface area contributed by atoms with Crippen LogP contribution in [0.3, 0.4) is 0 Å². The van der Waals surface area contributed by atoms with Crippen molar-refractivity contribution < 1.29 is 9.13 Å². The van der Waals surface area contributed by atoms with E-state index < -0.39 is 0 Å². The molecule has 0 fully saturated rings. The van der Waals surface area contributed by atoms with Gasteiger partial charge in [-0.25, -0.2) is 4.39 Å². The number of nitrogens with one attached hydrogen (secondary N) is 1. The summed E-state index contributed by atoms with van der Waals surface area (Å²) in [7, 11) is 1.85. The molecule has 4 heteroatoms. The Morgan fingerprint density at radius 3 is 2.65 bits per heavy atom. The first-order valence-electron chi connectivity index (χ1n) is 6.81. The van der Waals surface area contributed by atoms with Crippen LogP contribution in [-0.4, -0.2) is 7.05 Å². The van der Waals surface area contributed by atoms with E-state index in [4.69, 9.17) is 4.74 Å². The summed E-state index contributed by atoms with van der Waals surface area (Å²) in [6.45, 7) is 4.66. The molecule has 108 valence electrons. The molecule has 0 aliphatic rings. The van der Waals surface area contributed by atoms with Gasteiger partial charge in [0.15, 0.2) is 0 Å². The summed E-state index contributed by atoms with van der Waals surface area (Å²) in [6.07, 6.45) is 1.04. The quantitative estimate of drug-likeness (QED) is 0.857. The molecule has 1 atom stereocenters. The Bertz CT molecular complexity index is 567. The summed E-state index contributed by atoms with van der Waals surface area (Å²) < 4.78 is 19.2. The van der Waals surface area contributed by atoms with Gasteiger partial charge in [0.1, 0.15) is 18.2 Å². The number of hydrogen-bond acceptors (Lipinski definition) is 3. The normalized spacial score (nSPS) is 12.4. The highest BCUT2D eigenvalue weighted by Crippen LogP contribution is 2.27. The Hall–Kier alpha value is -1.39. The average Bonchev–Trinajstić information content (AvgIpc) is 2.93. The van der Waals surface area contributed by atoms with Crippen LogP contribution in [0.15, 0.2) is 30.3 Å². The number of halogens is 1. The Morgan fingerprint density at radius 1 is 1.25 bits per heavy atom. The molecule has 1 aromatic carbocycles. The molecule has 0 saturated heterocycles. The summed E-state index contributed by atoms with van der Waals surface area (Å²) in [5, 5.41) is 3.12. The second-order valence-electron chi connectivity index (χ2n) is 4.70. The molecule has 1 unspecified atom stereocenters. The third-order valence-electron chi connectivity index (χ3n) is 3.31. The van der Waals surface area contributed by atoms with Crippen LogP contribution >= 0.6 is 11.3 Å². The lowest BCUT2D eigenvalue weighted by Gasteiger charge is -2.16. The topological polar surface area (TPSA) is 21.3 Å². The maximum atomic E-state index is 13.4. The molecule has 0 spiro atoms. The van der Waals surface area contributed by atoms with E-state index in [9.17, 15) is 4.39 Å². The SMILES string of the molecule is CCc1ccc(COc2ccc(F)cc2C(C)NC)s1. The number of rotatable bonds is 6. The number of benzene rings is 1. The minimum atomic E-state index is -0.237. The van der Waals surface area contributed by atoms with Crippen LogP contribution in [0.4, 0.5) is 4.39 Å². The fourth-order valence-corrected chi connectivity index (χ4v) is 2.85. The number of ether oxygens (including phenoxy) is 1. The number of thiophene rings is 1. The van der Waals surface area contributed by atoms with Gasteiger partial charge < -0.3 is 10.1 Å². The van der Waals surface area contributed by atoms with E-state index in [1.54, 1.807) is 17.4 Å². The lowest BCUT2D eigenvalue weighted by Crippen LogP contribution is -2.14. The molecule has 2 aromatic rings. The zero-order valence-electron chi connectivity index (χ0n) is 12.1. The van der Waals surface area contributed by atoms with E-state index in [0.717, 1.165) is 17.7 Å². The molecule has 0 amide bonds. The third-order valence-corrected chi connectivity index (χ3v) is 4.51. The van der Waals surface area contributed by atoms with E-state index in [1.165, 1.54) is 21.9 Å². The van der Waals surface area contributed by atoms with Gasteiger partial charge in [0.05, 0.1) is 0 Å². The van der Waals surface area contributed by atoms with Gasteiger partial charge in [-0.05, 0) is 50.7 Å². The zero-order chi connectivity index (χ0) is 14.5. The molecular weight excluding hydrogens is 273 g/mol. The maximum absolute atomic E-state index is 13.4. The highest BCUT2D eigenvalue weighted by atomic mass is 32.1. The van der Waals surface area contributed by atoms with Crippen molar-refractivity contribution in [1.82, 2.24) is 5.32 Å². The van der Waals surface area contributed by atoms with Crippen molar-refractivity contribution in [3.8, 4) is 5.75 Å². The Kier molecular flexibility index (Phi) is 5.15. The van der Waals surface area contributed by atoms with Crippen molar-refractivity contribution in [2.45, 2.75) is 32.9 Å². The first-order chi connectivity index (χ1) is 9.63. The molecule has 0 radical (unpaired) electrons. The van der Waals surface area contributed by atoms with Crippen LogP contribution in [0.1, 0.15) is 35.2 Å². The van der Waals surface area contributed by atoms with Crippen molar-refractivity contribution in [1.29, 1.82) is 0 Å². The molecule has 2 rings (SSSR count). The van der Waals surface area contributed by atoms with E-state index >= 15 is 0 Å². The molecular formula is C16H20FNOS. The van der Waals surface area contributed by atoms with Crippen LogP contribution in [0.25, 0.3) is 0 Å². The van der Waals surface area contributed by atoms with Gasteiger partial charge in [-0.1, -0.05) is 6.92 Å². The highest BCUT2D eigenvalue weighted by Gasteiger charge is 2.12. The molecule has 1 N–H and O–H groups in total. The smallest absolute Gasteiger partial charge is 0.124 e. The standard InChI is InChI=1S/C16H20FNOS/c1-4-13-6-7-14(20-13)10-19-16-8-5-12(17)9-15(16)11(2)18-3/h5-9,11,18H,4,10H2,1-3H3. The lowest BCUT2D eigenvalue weighted by atomic mass is 10.1. The van der Waals surface area contributed by atoms with Crippen LogP contribution in [-0.2, 0) is 13.0 Å². The third kappa shape index (κ3) is 3.58. The highest BCUT2D eigenvalue weighted by molar-refractivity contribution is 7.11. The van der Waals surface area contributed by atoms with Crippen molar-refractivity contribution in [3.05, 3.63) is 51.5 Å². The van der Waals surface area contributed by atoms with Crippen molar-refractivity contribution in [2.75, 3.05) is 7.05 Å². The number of aryl methyl sites for hydroxylation is 1. The second-order valence-corrected chi connectivity index (χ2v) is 5.96. The van der Waals surface area contributed by atoms with E-state index in [1.807, 2.05) is 14.0 Å². The Labute approximate surface area is 123 Å². The van der Waals surface area contributed by atoms with Crippen LogP contribution in [0.2, 0.25) is 0 Å². The van der Waals surface area contributed by atoms with Crippen molar-refractivity contribution in [2.24, 2.45) is 0 Å². The molecule has 20 heavy (non-hydrogen) atoms. The monoisotopic (exact) mass is 293 g/mol. The van der Waals surface area contributed by atoms with Crippen molar-refractivity contribution >= 4 is 11.3 Å². The summed E-state index contributed by atoms with van der Waals surface area (Å²) in [4.78, 5) is 2.54. The largest absolute Gasteiger partial charge is 0.488 e. The zero-order valence-corrected chi connectivity index (χ0v) is 12.9. The van der Waals surface area contributed by atoms with Gasteiger partial charge in [-0.2, -0.15) is 0 Å². The molecule has 0 aliphatic carbocycles. The van der Waals surface area contributed by atoms with E-state index in [-0.39, 0.29) is 11.9 Å². The average molecular weight is 293 g/mol. The fraction of sp³-hybridized carbons (Fsp3) is 0.375. The Balaban J connectivity index is 2.12. The predicted octanol–water partition coefficient (Wildman–Crippen LogP) is 4.31. The summed E-state index contributed by atoms with van der Waals surface area (Å²) in [6, 6.07) is 8.94. The van der Waals surface area contributed by atoms with Crippen LogP contribution in [0.5, 0.6) is 5.75 Å². The molecule has 1 heterocycles. The number of hydrogen-bond donors (Lipinski definition) is 1. The molecule has 2 nitrogen and oxygen atoms in total. The van der Waals surface area contributed by atoms with Crippen molar-refractivity contribution in [3.63, 3.8) is 0 Å². The maximum Gasteiger partial charge on any atom is 0.124 e. The van der Waals surface area contributed by atoms with Gasteiger partial charge >= 0.3 is 0 Å². The van der Waals surface area contributed by atoms with Gasteiger partial charge in [0, 0.05) is 21.4 Å².